The predicted molar refractivity (Wildman–Crippen MR) is 53.9 cm³/mol. The lowest BCUT2D eigenvalue weighted by Crippen LogP contribution is -2.03. The van der Waals surface area contributed by atoms with Crippen LogP contribution in [0.3, 0.4) is 0 Å². The van der Waals surface area contributed by atoms with Gasteiger partial charge >= 0.3 is 6.18 Å². The molecule has 0 saturated heterocycles. The molecule has 80 valence electrons. The number of alkyl halides is 4. The molecule has 1 heterocycles. The Morgan fingerprint density at radius 2 is 2.00 bits per heavy atom. The molecule has 0 amide bonds. The number of aromatic nitrogens is 1. The van der Waals surface area contributed by atoms with Gasteiger partial charge in [-0.1, -0.05) is 29.8 Å². The Morgan fingerprint density at radius 1 is 1.43 bits per heavy atom. The second kappa shape index (κ2) is 4.18. The van der Waals surface area contributed by atoms with Crippen molar-refractivity contribution in [3.8, 4) is 0 Å². The topological polar surface area (TPSA) is 12.9 Å². The highest BCUT2D eigenvalue weighted by Gasteiger charge is 2.35. The van der Waals surface area contributed by atoms with E-state index in [4.69, 9.17) is 0 Å². The molecule has 2 atom stereocenters. The normalized spacial score (nSPS) is 16.7. The van der Waals surface area contributed by atoms with Crippen LogP contribution in [0.1, 0.15) is 29.7 Å². The highest BCUT2D eigenvalue weighted by Crippen LogP contribution is 2.36. The Kier molecular flexibility index (Phi) is 3.58. The summed E-state index contributed by atoms with van der Waals surface area (Å²) in [6.07, 6.45) is -3.02. The highest BCUT2D eigenvalue weighted by atomic mass is 79.9. The molecule has 14 heavy (non-hydrogen) atoms. The number of thiazole rings is 1. The first kappa shape index (κ1) is 12.0. The van der Waals surface area contributed by atoms with Gasteiger partial charge in [0.15, 0.2) is 5.01 Å². The maximum absolute atomic E-state index is 12.2. The van der Waals surface area contributed by atoms with E-state index in [2.05, 4.69) is 20.9 Å². The van der Waals surface area contributed by atoms with Crippen molar-refractivity contribution in [2.24, 2.45) is 0 Å². The van der Waals surface area contributed by atoms with Crippen LogP contribution in [0.5, 0.6) is 0 Å². The fourth-order valence-corrected chi connectivity index (χ4v) is 2.25. The van der Waals surface area contributed by atoms with Crippen LogP contribution in [-0.4, -0.2) is 9.81 Å². The summed E-state index contributed by atoms with van der Waals surface area (Å²) in [5.41, 5.74) is 0. The lowest BCUT2D eigenvalue weighted by atomic mass is 10.1. The van der Waals surface area contributed by atoms with E-state index in [-0.39, 0.29) is 10.7 Å². The van der Waals surface area contributed by atoms with Crippen LogP contribution < -0.4 is 0 Å². The summed E-state index contributed by atoms with van der Waals surface area (Å²) >= 11 is 4.04. The van der Waals surface area contributed by atoms with Crippen LogP contribution in [0.4, 0.5) is 13.2 Å². The van der Waals surface area contributed by atoms with Gasteiger partial charge in [-0.2, -0.15) is 13.2 Å². The van der Waals surface area contributed by atoms with Crippen molar-refractivity contribution in [1.29, 1.82) is 0 Å². The van der Waals surface area contributed by atoms with Crippen molar-refractivity contribution < 1.29 is 13.2 Å². The zero-order valence-corrected chi connectivity index (χ0v) is 10.0. The summed E-state index contributed by atoms with van der Waals surface area (Å²) in [5, 5.41) is -0.771. The Balaban J connectivity index is 2.89. The molecule has 0 saturated carbocycles. The van der Waals surface area contributed by atoms with Crippen LogP contribution in [0.25, 0.3) is 0 Å². The zero-order chi connectivity index (χ0) is 10.9. The number of halogens is 4. The van der Waals surface area contributed by atoms with Gasteiger partial charge in [-0.25, -0.2) is 4.98 Å². The standard InChI is InChI=1S/C8H9BrF3NS/c1-4(5(2)9)6-3-13-7(14-6)8(10,11)12/h3-5H,1-2H3. The minimum Gasteiger partial charge on any atom is -0.240 e. The molecule has 2 unspecified atom stereocenters. The molecule has 0 fully saturated rings. The Morgan fingerprint density at radius 3 is 2.36 bits per heavy atom. The third-order valence-corrected chi connectivity index (χ3v) is 3.94. The molecule has 1 aromatic rings. The van der Waals surface area contributed by atoms with Gasteiger partial charge < -0.3 is 0 Å². The summed E-state index contributed by atoms with van der Waals surface area (Å²) in [6, 6.07) is 0. The van der Waals surface area contributed by atoms with Gasteiger partial charge in [-0.05, 0) is 0 Å². The van der Waals surface area contributed by atoms with E-state index in [0.29, 0.717) is 16.2 Å². The molecule has 0 radical (unpaired) electrons. The molecule has 0 aliphatic rings. The van der Waals surface area contributed by atoms with Crippen molar-refractivity contribution in [2.75, 3.05) is 0 Å². The lowest BCUT2D eigenvalue weighted by molar-refractivity contribution is -0.137. The second-order valence-corrected chi connectivity index (χ2v) is 5.54. The summed E-state index contributed by atoms with van der Waals surface area (Å²) in [4.78, 5) is 4.16. The Bertz CT molecular complexity index is 308. The monoisotopic (exact) mass is 287 g/mol. The number of hydrogen-bond donors (Lipinski definition) is 0. The van der Waals surface area contributed by atoms with Crippen LogP contribution in [0.15, 0.2) is 6.20 Å². The smallest absolute Gasteiger partial charge is 0.240 e. The third kappa shape index (κ3) is 2.70. The predicted octanol–water partition coefficient (Wildman–Crippen LogP) is 4.05. The SMILES string of the molecule is CC(Br)C(C)c1cnc(C(F)(F)F)s1. The molecular weight excluding hydrogens is 279 g/mol. The Hall–Kier alpha value is -0.100. The molecule has 0 N–H and O–H groups in total. The number of hydrogen-bond acceptors (Lipinski definition) is 2. The van der Waals surface area contributed by atoms with Gasteiger partial charge in [-0.15, -0.1) is 11.3 Å². The number of rotatable bonds is 2. The van der Waals surface area contributed by atoms with Crippen molar-refractivity contribution >= 4 is 27.3 Å². The van der Waals surface area contributed by atoms with E-state index in [0.717, 1.165) is 0 Å². The first-order valence-electron chi connectivity index (χ1n) is 3.99. The van der Waals surface area contributed by atoms with E-state index in [1.165, 1.54) is 6.20 Å². The fraction of sp³-hybridized carbons (Fsp3) is 0.625. The van der Waals surface area contributed by atoms with Gasteiger partial charge in [0.2, 0.25) is 0 Å². The molecule has 0 spiro atoms. The van der Waals surface area contributed by atoms with Crippen molar-refractivity contribution in [3.05, 3.63) is 16.1 Å². The zero-order valence-electron chi connectivity index (χ0n) is 7.60. The maximum atomic E-state index is 12.2. The van der Waals surface area contributed by atoms with Gasteiger partial charge in [0, 0.05) is 21.8 Å². The summed E-state index contributed by atoms with van der Waals surface area (Å²) in [6.45, 7) is 3.77. The highest BCUT2D eigenvalue weighted by molar-refractivity contribution is 9.09. The first-order chi connectivity index (χ1) is 6.32. The van der Waals surface area contributed by atoms with E-state index in [1.807, 2.05) is 13.8 Å². The second-order valence-electron chi connectivity index (χ2n) is 3.03. The van der Waals surface area contributed by atoms with E-state index < -0.39 is 11.2 Å². The molecule has 1 rings (SSSR count). The van der Waals surface area contributed by atoms with Gasteiger partial charge in [0.1, 0.15) is 0 Å². The molecule has 1 nitrogen and oxygen atoms in total. The Labute approximate surface area is 92.5 Å². The fourth-order valence-electron chi connectivity index (χ4n) is 0.855. The average molecular weight is 288 g/mol. The first-order valence-corrected chi connectivity index (χ1v) is 5.72. The average Bonchev–Trinajstić information content (AvgIpc) is 2.49. The van der Waals surface area contributed by atoms with E-state index >= 15 is 0 Å². The van der Waals surface area contributed by atoms with Gasteiger partial charge in [0.25, 0.3) is 0 Å². The van der Waals surface area contributed by atoms with E-state index in [1.54, 1.807) is 0 Å². The molecule has 0 aliphatic heterocycles. The van der Waals surface area contributed by atoms with Crippen molar-refractivity contribution in [1.82, 2.24) is 4.98 Å². The van der Waals surface area contributed by atoms with Gasteiger partial charge in [0.05, 0.1) is 0 Å². The summed E-state index contributed by atoms with van der Waals surface area (Å²) in [5.74, 6) is 0.0450. The van der Waals surface area contributed by atoms with Crippen LogP contribution in [-0.2, 0) is 6.18 Å². The summed E-state index contributed by atoms with van der Waals surface area (Å²) in [7, 11) is 0. The minimum atomic E-state index is -4.32. The molecule has 0 bridgehead atoms. The largest absolute Gasteiger partial charge is 0.443 e. The molecule has 1 aromatic heterocycles. The third-order valence-electron chi connectivity index (χ3n) is 1.90. The maximum Gasteiger partial charge on any atom is 0.443 e. The number of nitrogens with zero attached hydrogens (tertiary/aromatic N) is 1. The lowest BCUT2D eigenvalue weighted by Gasteiger charge is -2.10. The van der Waals surface area contributed by atoms with Crippen LogP contribution in [0.2, 0.25) is 0 Å². The summed E-state index contributed by atoms with van der Waals surface area (Å²) < 4.78 is 36.6. The quantitative estimate of drug-likeness (QED) is 0.748. The molecular formula is C8H9BrF3NS. The molecule has 0 aliphatic carbocycles. The molecule has 6 heteroatoms. The van der Waals surface area contributed by atoms with Crippen LogP contribution in [0, 0.1) is 0 Å². The van der Waals surface area contributed by atoms with E-state index in [9.17, 15) is 13.2 Å². The minimum absolute atomic E-state index is 0.0450. The van der Waals surface area contributed by atoms with Crippen molar-refractivity contribution in [2.45, 2.75) is 30.8 Å². The van der Waals surface area contributed by atoms with Crippen molar-refractivity contribution in [3.63, 3.8) is 0 Å². The molecule has 0 aromatic carbocycles. The van der Waals surface area contributed by atoms with Gasteiger partial charge in [-0.3, -0.25) is 0 Å². The van der Waals surface area contributed by atoms with Crippen LogP contribution >= 0.6 is 27.3 Å².